The van der Waals surface area contributed by atoms with Gasteiger partial charge in [-0.25, -0.2) is 14.7 Å². The number of aliphatic imine (C=N–C) groups is 1. The third-order valence-corrected chi connectivity index (χ3v) is 5.46. The number of guanidine groups is 1. The molecule has 0 bridgehead atoms. The molecule has 3 heterocycles. The van der Waals surface area contributed by atoms with E-state index in [1.165, 1.54) is 7.05 Å². The molecule has 1 aromatic carbocycles. The Bertz CT molecular complexity index is 1120. The van der Waals surface area contributed by atoms with Crippen molar-refractivity contribution < 1.29 is 15.0 Å². The van der Waals surface area contributed by atoms with Crippen LogP contribution in [0.5, 0.6) is 5.75 Å². The molecule has 1 atom stereocenters. The van der Waals surface area contributed by atoms with Crippen LogP contribution in [0.1, 0.15) is 34.7 Å². The van der Waals surface area contributed by atoms with Gasteiger partial charge in [0.25, 0.3) is 0 Å². The van der Waals surface area contributed by atoms with Gasteiger partial charge < -0.3 is 15.2 Å². The molecule has 4 N–H and O–H groups in total. The Labute approximate surface area is 166 Å². The van der Waals surface area contributed by atoms with Crippen LogP contribution in [0.15, 0.2) is 59.5 Å². The Morgan fingerprint density at radius 1 is 1.28 bits per heavy atom. The van der Waals surface area contributed by atoms with Gasteiger partial charge in [-0.15, -0.1) is 0 Å². The second-order valence-electron chi connectivity index (χ2n) is 7.13. The average molecular weight is 389 g/mol. The first-order valence-electron chi connectivity index (χ1n) is 9.23. The van der Waals surface area contributed by atoms with Gasteiger partial charge >= 0.3 is 6.09 Å². The van der Waals surface area contributed by atoms with Crippen LogP contribution in [0, 0.1) is 0 Å². The number of benzene rings is 1. The molecule has 1 aliphatic carbocycles. The first kappa shape index (κ1) is 17.2. The molecule has 0 saturated carbocycles. The highest BCUT2D eigenvalue weighted by atomic mass is 16.4. The van der Waals surface area contributed by atoms with Crippen LogP contribution in [0.4, 0.5) is 4.79 Å². The van der Waals surface area contributed by atoms with Gasteiger partial charge in [0.2, 0.25) is 5.96 Å². The molecule has 1 amide bonds. The summed E-state index contributed by atoms with van der Waals surface area (Å²) >= 11 is 0. The minimum atomic E-state index is -1.09. The third kappa shape index (κ3) is 2.68. The van der Waals surface area contributed by atoms with Crippen molar-refractivity contribution in [2.75, 3.05) is 7.05 Å². The molecule has 2 aliphatic heterocycles. The van der Waals surface area contributed by atoms with Crippen LogP contribution in [0.25, 0.3) is 11.8 Å². The lowest BCUT2D eigenvalue weighted by atomic mass is 9.84. The minimum absolute atomic E-state index is 0.140. The van der Waals surface area contributed by atoms with Crippen LogP contribution >= 0.6 is 0 Å². The van der Waals surface area contributed by atoms with Gasteiger partial charge in [-0.3, -0.25) is 10.4 Å². The summed E-state index contributed by atoms with van der Waals surface area (Å²) in [5.41, 5.74) is 9.23. The number of nitrogens with zero attached hydrogens (tertiary/aromatic N) is 3. The number of rotatable bonds is 1. The van der Waals surface area contributed by atoms with E-state index in [9.17, 15) is 15.0 Å². The molecule has 146 valence electrons. The fourth-order valence-electron chi connectivity index (χ4n) is 3.93. The van der Waals surface area contributed by atoms with Gasteiger partial charge in [0.15, 0.2) is 0 Å². The summed E-state index contributed by atoms with van der Waals surface area (Å²) in [7, 11) is 1.45. The van der Waals surface area contributed by atoms with Gasteiger partial charge in [0.05, 0.1) is 17.6 Å². The Kier molecular flexibility index (Phi) is 3.73. The molecule has 1 aromatic heterocycles. The standard InChI is InChI=1S/C21H19N5O3/c1-25(21(28)29)20-23-11-14-5-2-13-10-22-19-16(12-3-6-15(27)7-4-12)8-9-17(18(13)19)26(14)24-20/h2-7,9-11,16,22,27H,8H2,1H3,(H,23,24)(H,28,29). The summed E-state index contributed by atoms with van der Waals surface area (Å²) in [5, 5.41) is 20.8. The van der Waals surface area contributed by atoms with E-state index in [1.54, 1.807) is 18.3 Å². The predicted octanol–water partition coefficient (Wildman–Crippen LogP) is 3.25. The highest BCUT2D eigenvalue weighted by Gasteiger charge is 2.33. The summed E-state index contributed by atoms with van der Waals surface area (Å²) in [6, 6.07) is 7.28. The monoisotopic (exact) mass is 389 g/mol. The number of nitrogens with one attached hydrogen (secondary N) is 2. The topological polar surface area (TPSA) is 104 Å². The molecule has 5 rings (SSSR count). The number of aromatic hydroxyl groups is 1. The van der Waals surface area contributed by atoms with Crippen molar-refractivity contribution in [1.82, 2.24) is 20.3 Å². The van der Waals surface area contributed by atoms with Crippen molar-refractivity contribution in [3.8, 4) is 5.75 Å². The minimum Gasteiger partial charge on any atom is -0.508 e. The number of hydrazine groups is 1. The number of phenols is 1. The van der Waals surface area contributed by atoms with E-state index in [4.69, 9.17) is 0 Å². The highest BCUT2D eigenvalue weighted by molar-refractivity contribution is 5.95. The maximum absolute atomic E-state index is 11.3. The van der Waals surface area contributed by atoms with Crippen LogP contribution in [-0.2, 0) is 0 Å². The van der Waals surface area contributed by atoms with Crippen LogP contribution in [0.3, 0.4) is 0 Å². The number of carbonyl (C=O) groups is 1. The Morgan fingerprint density at radius 2 is 2.07 bits per heavy atom. The molecule has 0 radical (unpaired) electrons. The van der Waals surface area contributed by atoms with Gasteiger partial charge in [0, 0.05) is 36.0 Å². The van der Waals surface area contributed by atoms with Crippen molar-refractivity contribution in [2.24, 2.45) is 4.99 Å². The van der Waals surface area contributed by atoms with E-state index >= 15 is 0 Å². The van der Waals surface area contributed by atoms with Crippen molar-refractivity contribution in [2.45, 2.75) is 12.3 Å². The summed E-state index contributed by atoms with van der Waals surface area (Å²) in [5.74, 6) is 0.620. The zero-order valence-corrected chi connectivity index (χ0v) is 15.6. The predicted molar refractivity (Wildman–Crippen MR) is 109 cm³/mol. The second kappa shape index (κ2) is 6.30. The zero-order chi connectivity index (χ0) is 20.1. The average Bonchev–Trinajstić information content (AvgIpc) is 3.08. The highest BCUT2D eigenvalue weighted by Crippen LogP contribution is 2.43. The second-order valence-corrected chi connectivity index (χ2v) is 7.13. The lowest BCUT2D eigenvalue weighted by Gasteiger charge is -2.35. The smallest absolute Gasteiger partial charge is 0.413 e. The molecule has 1 unspecified atom stereocenters. The number of hydrogen-bond acceptors (Lipinski definition) is 5. The largest absolute Gasteiger partial charge is 0.508 e. The zero-order valence-electron chi connectivity index (χ0n) is 15.6. The van der Waals surface area contributed by atoms with Crippen molar-refractivity contribution in [1.29, 1.82) is 0 Å². The quantitative estimate of drug-likeness (QED) is 0.599. The maximum atomic E-state index is 11.3. The van der Waals surface area contributed by atoms with Gasteiger partial charge in [0.1, 0.15) is 5.75 Å². The molecular weight excluding hydrogens is 370 g/mol. The van der Waals surface area contributed by atoms with Crippen molar-refractivity contribution >= 4 is 23.8 Å². The summed E-state index contributed by atoms with van der Waals surface area (Å²) in [6.45, 7) is 0. The van der Waals surface area contributed by atoms with E-state index in [-0.39, 0.29) is 17.6 Å². The summed E-state index contributed by atoms with van der Waals surface area (Å²) in [6.07, 6.45) is 9.44. The molecule has 29 heavy (non-hydrogen) atoms. The fraction of sp³-hybridized carbons (Fsp3) is 0.143. The summed E-state index contributed by atoms with van der Waals surface area (Å²) in [4.78, 5) is 20.0. The molecule has 0 spiro atoms. The van der Waals surface area contributed by atoms with Crippen LogP contribution in [-0.4, -0.2) is 44.2 Å². The number of fused-ring (bicyclic) bond motifs is 2. The van der Waals surface area contributed by atoms with E-state index in [1.807, 2.05) is 35.5 Å². The van der Waals surface area contributed by atoms with E-state index in [0.29, 0.717) is 0 Å². The lowest BCUT2D eigenvalue weighted by molar-refractivity contribution is 0.173. The number of aromatic amines is 1. The first-order valence-corrected chi connectivity index (χ1v) is 9.23. The molecule has 0 fully saturated rings. The lowest BCUT2D eigenvalue weighted by Crippen LogP contribution is -2.50. The molecule has 0 saturated heterocycles. The number of aromatic nitrogens is 1. The SMILES string of the molecule is CN(C(=O)O)C1=NC=C2C=Cc3c[nH]c4c3C(=CCC4c3ccc(O)cc3)N2N1. The van der Waals surface area contributed by atoms with E-state index in [0.717, 1.165) is 45.1 Å². The number of phenolic OH excluding ortho intramolecular Hbond substituents is 1. The summed E-state index contributed by atoms with van der Waals surface area (Å²) < 4.78 is 0. The Balaban J connectivity index is 1.56. The molecule has 3 aliphatic rings. The maximum Gasteiger partial charge on any atom is 0.413 e. The number of carboxylic acid groups (broad SMARTS) is 1. The van der Waals surface area contributed by atoms with Crippen LogP contribution < -0.4 is 5.43 Å². The molecule has 8 heteroatoms. The molecule has 2 aromatic rings. The van der Waals surface area contributed by atoms with Crippen molar-refractivity contribution in [3.05, 3.63) is 76.9 Å². The van der Waals surface area contributed by atoms with Gasteiger partial charge in [-0.2, -0.15) is 0 Å². The van der Waals surface area contributed by atoms with E-state index in [2.05, 4.69) is 21.5 Å². The Hall–Kier alpha value is -3.94. The van der Waals surface area contributed by atoms with E-state index < -0.39 is 6.09 Å². The first-order chi connectivity index (χ1) is 14.0. The number of allylic oxidation sites excluding steroid dienone is 2. The van der Waals surface area contributed by atoms with Gasteiger partial charge in [-0.1, -0.05) is 24.3 Å². The Morgan fingerprint density at radius 3 is 2.83 bits per heavy atom. The third-order valence-electron chi connectivity index (χ3n) is 5.46. The molecule has 8 nitrogen and oxygen atoms in total. The fourth-order valence-corrected chi connectivity index (χ4v) is 3.93. The molecular formula is C21H19N5O3. The normalized spacial score (nSPS) is 19.1. The number of H-pyrrole nitrogens is 1. The van der Waals surface area contributed by atoms with Crippen molar-refractivity contribution in [3.63, 3.8) is 0 Å². The van der Waals surface area contributed by atoms with Crippen LogP contribution in [0.2, 0.25) is 0 Å². The number of hydrogen-bond donors (Lipinski definition) is 4. The number of amides is 1. The van der Waals surface area contributed by atoms with Gasteiger partial charge in [-0.05, 0) is 30.2 Å².